The molecular weight excluding hydrogens is 164 g/mol. The molecule has 2 rings (SSSR count). The summed E-state index contributed by atoms with van der Waals surface area (Å²) in [4.78, 5) is 0. The Kier molecular flexibility index (Phi) is 1.83. The van der Waals surface area contributed by atoms with Crippen LogP contribution >= 0.6 is 0 Å². The van der Waals surface area contributed by atoms with E-state index in [0.29, 0.717) is 0 Å². The van der Waals surface area contributed by atoms with Gasteiger partial charge in [0.05, 0.1) is 13.3 Å². The molecule has 0 aromatic carbocycles. The predicted molar refractivity (Wildman–Crippen MR) is 51.7 cm³/mol. The summed E-state index contributed by atoms with van der Waals surface area (Å²) >= 11 is 0. The molecule has 2 aromatic rings. The Morgan fingerprint density at radius 1 is 1.31 bits per heavy atom. The lowest BCUT2D eigenvalue weighted by Crippen LogP contribution is -1.82. The molecule has 0 radical (unpaired) electrons. The van der Waals surface area contributed by atoms with Crippen LogP contribution in [0.1, 0.15) is 24.2 Å². The van der Waals surface area contributed by atoms with E-state index in [-0.39, 0.29) is 0 Å². The lowest BCUT2D eigenvalue weighted by molar-refractivity contribution is 0.458. The van der Waals surface area contributed by atoms with Gasteiger partial charge in [-0.3, -0.25) is 0 Å². The second-order valence-corrected chi connectivity index (χ2v) is 3.28. The summed E-state index contributed by atoms with van der Waals surface area (Å²) in [5.41, 5.74) is 0.894. The molecule has 0 saturated heterocycles. The Balaban J connectivity index is 2.80. The molecule has 0 fully saturated rings. The third-order valence-electron chi connectivity index (χ3n) is 2.10. The van der Waals surface area contributed by atoms with Crippen LogP contribution in [0.3, 0.4) is 0 Å². The molecule has 0 spiro atoms. The van der Waals surface area contributed by atoms with Gasteiger partial charge in [0.25, 0.3) is 0 Å². The zero-order chi connectivity index (χ0) is 9.42. The molecular formula is C11H13O2+. The van der Waals surface area contributed by atoms with Gasteiger partial charge < -0.3 is 4.42 Å². The van der Waals surface area contributed by atoms with Crippen molar-refractivity contribution in [2.75, 3.05) is 0 Å². The maximum Gasteiger partial charge on any atom is 0.371 e. The first kappa shape index (κ1) is 8.30. The molecule has 0 N–H and O–H groups in total. The van der Waals surface area contributed by atoms with Crippen LogP contribution in [0.25, 0.3) is 11.0 Å². The van der Waals surface area contributed by atoms with Crippen LogP contribution in [0.5, 0.6) is 0 Å². The quantitative estimate of drug-likeness (QED) is 0.623. The van der Waals surface area contributed by atoms with Gasteiger partial charge >= 0.3 is 11.5 Å². The Bertz CT molecular complexity index is 441. The van der Waals surface area contributed by atoms with Gasteiger partial charge in [-0.25, -0.2) is 4.42 Å². The molecule has 2 nitrogen and oxygen atoms in total. The second kappa shape index (κ2) is 2.87. The van der Waals surface area contributed by atoms with Gasteiger partial charge in [0, 0.05) is 11.5 Å². The summed E-state index contributed by atoms with van der Waals surface area (Å²) in [6, 6.07) is 4.04. The highest BCUT2D eigenvalue weighted by molar-refractivity contribution is 5.79. The van der Waals surface area contributed by atoms with Crippen LogP contribution in [0, 0.1) is 13.8 Å². The highest BCUT2D eigenvalue weighted by Crippen LogP contribution is 2.24. The van der Waals surface area contributed by atoms with Gasteiger partial charge in [-0.15, -0.1) is 0 Å². The van der Waals surface area contributed by atoms with Gasteiger partial charge in [0.1, 0.15) is 5.76 Å². The molecule has 0 amide bonds. The van der Waals surface area contributed by atoms with Crippen molar-refractivity contribution in [3.8, 4) is 0 Å². The van der Waals surface area contributed by atoms with E-state index in [1.807, 2.05) is 26.0 Å². The minimum Gasteiger partial charge on any atom is -0.452 e. The summed E-state index contributed by atoms with van der Waals surface area (Å²) in [6.45, 7) is 5.98. The average molecular weight is 177 g/mol. The van der Waals surface area contributed by atoms with E-state index >= 15 is 0 Å². The van der Waals surface area contributed by atoms with Gasteiger partial charge in [-0.05, 0) is 13.0 Å². The molecule has 2 heteroatoms. The Morgan fingerprint density at radius 3 is 2.77 bits per heavy atom. The topological polar surface area (TPSA) is 24.4 Å². The molecule has 2 aromatic heterocycles. The minimum absolute atomic E-state index is 0.866. The summed E-state index contributed by atoms with van der Waals surface area (Å²) in [6.07, 6.45) is 0.866. The van der Waals surface area contributed by atoms with Crippen LogP contribution in [-0.4, -0.2) is 0 Å². The van der Waals surface area contributed by atoms with E-state index in [1.165, 1.54) is 0 Å². The fourth-order valence-corrected chi connectivity index (χ4v) is 1.58. The lowest BCUT2D eigenvalue weighted by atomic mass is 10.2. The zero-order valence-electron chi connectivity index (χ0n) is 8.18. The van der Waals surface area contributed by atoms with E-state index in [2.05, 4.69) is 6.92 Å². The zero-order valence-corrected chi connectivity index (χ0v) is 8.18. The van der Waals surface area contributed by atoms with E-state index < -0.39 is 0 Å². The largest absolute Gasteiger partial charge is 0.452 e. The molecule has 68 valence electrons. The highest BCUT2D eigenvalue weighted by atomic mass is 16.4. The predicted octanol–water partition coefficient (Wildman–Crippen LogP) is 3.49. The molecule has 0 aliphatic rings. The summed E-state index contributed by atoms with van der Waals surface area (Å²) in [5.74, 6) is 2.80. The van der Waals surface area contributed by atoms with Crippen molar-refractivity contribution in [2.45, 2.75) is 27.2 Å². The molecule has 0 unspecified atom stereocenters. The van der Waals surface area contributed by atoms with Crippen LogP contribution < -0.4 is 0 Å². The highest BCUT2D eigenvalue weighted by Gasteiger charge is 2.18. The number of aryl methyl sites for hydroxylation is 3. The Morgan fingerprint density at radius 2 is 2.08 bits per heavy atom. The Labute approximate surface area is 77.2 Å². The van der Waals surface area contributed by atoms with Crippen LogP contribution in [-0.2, 0) is 6.42 Å². The average Bonchev–Trinajstić information content (AvgIpc) is 2.43. The standard InChI is InChI=1S/C11H13O2/c1-4-10-11-9(5-7(2)12-10)6-8(3)13-11/h5-6H,4H2,1-3H3/q+1. The van der Waals surface area contributed by atoms with Gasteiger partial charge in [0.15, 0.2) is 0 Å². The maximum absolute atomic E-state index is 5.56. The summed E-state index contributed by atoms with van der Waals surface area (Å²) < 4.78 is 11.1. The number of hydrogen-bond donors (Lipinski definition) is 0. The third-order valence-corrected chi connectivity index (χ3v) is 2.10. The van der Waals surface area contributed by atoms with Crippen LogP contribution in [0.15, 0.2) is 21.0 Å². The van der Waals surface area contributed by atoms with Crippen LogP contribution in [0.4, 0.5) is 0 Å². The summed E-state index contributed by atoms with van der Waals surface area (Å²) in [5, 5.41) is 1.14. The number of hydrogen-bond acceptors (Lipinski definition) is 1. The molecule has 0 atom stereocenters. The first-order chi connectivity index (χ1) is 6.20. The SMILES string of the molecule is CCc1[o+]c(C)cc2cc(C)oc12. The van der Waals surface area contributed by atoms with Crippen molar-refractivity contribution in [3.05, 3.63) is 29.4 Å². The number of fused-ring (bicyclic) bond motifs is 1. The number of rotatable bonds is 1. The van der Waals surface area contributed by atoms with Crippen molar-refractivity contribution in [2.24, 2.45) is 0 Å². The van der Waals surface area contributed by atoms with Crippen molar-refractivity contribution in [3.63, 3.8) is 0 Å². The third kappa shape index (κ3) is 1.32. The first-order valence-corrected chi connectivity index (χ1v) is 4.53. The fourth-order valence-electron chi connectivity index (χ4n) is 1.58. The van der Waals surface area contributed by atoms with Crippen molar-refractivity contribution < 1.29 is 8.83 Å². The second-order valence-electron chi connectivity index (χ2n) is 3.28. The normalized spacial score (nSPS) is 11.0. The monoisotopic (exact) mass is 177 g/mol. The molecule has 0 aliphatic carbocycles. The Hall–Kier alpha value is -1.31. The van der Waals surface area contributed by atoms with Crippen molar-refractivity contribution in [1.82, 2.24) is 0 Å². The van der Waals surface area contributed by atoms with Crippen molar-refractivity contribution >= 4 is 11.0 Å². The van der Waals surface area contributed by atoms with E-state index in [4.69, 9.17) is 8.83 Å². The van der Waals surface area contributed by atoms with E-state index in [0.717, 1.165) is 34.7 Å². The van der Waals surface area contributed by atoms with Gasteiger partial charge in [0.2, 0.25) is 5.58 Å². The lowest BCUT2D eigenvalue weighted by Gasteiger charge is -1.86. The summed E-state index contributed by atoms with van der Waals surface area (Å²) in [7, 11) is 0. The minimum atomic E-state index is 0.866. The number of furan rings is 1. The fraction of sp³-hybridized carbons (Fsp3) is 0.364. The first-order valence-electron chi connectivity index (χ1n) is 4.53. The molecule has 0 bridgehead atoms. The van der Waals surface area contributed by atoms with E-state index in [1.54, 1.807) is 0 Å². The van der Waals surface area contributed by atoms with E-state index in [9.17, 15) is 0 Å². The smallest absolute Gasteiger partial charge is 0.371 e. The molecule has 13 heavy (non-hydrogen) atoms. The van der Waals surface area contributed by atoms with Gasteiger partial charge in [-0.1, -0.05) is 6.92 Å². The maximum atomic E-state index is 5.56. The molecule has 0 saturated carbocycles. The van der Waals surface area contributed by atoms with Crippen molar-refractivity contribution in [1.29, 1.82) is 0 Å². The van der Waals surface area contributed by atoms with Gasteiger partial charge in [-0.2, -0.15) is 0 Å². The molecule has 2 heterocycles. The molecule has 0 aliphatic heterocycles. The van der Waals surface area contributed by atoms with Crippen LogP contribution in [0.2, 0.25) is 0 Å².